The Kier molecular flexibility index (Phi) is 7.02. The Morgan fingerprint density at radius 1 is 1.03 bits per heavy atom. The van der Waals surface area contributed by atoms with Crippen LogP contribution in [0.3, 0.4) is 0 Å². The quantitative estimate of drug-likeness (QED) is 0.384. The van der Waals surface area contributed by atoms with E-state index in [-0.39, 0.29) is 24.7 Å². The van der Waals surface area contributed by atoms with Crippen molar-refractivity contribution in [2.24, 2.45) is 0 Å². The monoisotopic (exact) mass is 460 g/mol. The maximum atomic E-state index is 12.6. The van der Waals surface area contributed by atoms with Gasteiger partial charge in [0.25, 0.3) is 5.91 Å². The summed E-state index contributed by atoms with van der Waals surface area (Å²) in [5, 5.41) is 17.3. The highest BCUT2D eigenvalue weighted by Crippen LogP contribution is 2.22. The van der Waals surface area contributed by atoms with Gasteiger partial charge in [0.1, 0.15) is 18.1 Å². The smallest absolute Gasteiger partial charge is 0.371 e. The molecule has 34 heavy (non-hydrogen) atoms. The fraction of sp³-hybridized carbons (Fsp3) is 0.200. The van der Waals surface area contributed by atoms with Gasteiger partial charge in [0.15, 0.2) is 5.76 Å². The number of para-hydroxylation sites is 1. The van der Waals surface area contributed by atoms with Crippen LogP contribution in [0.2, 0.25) is 0 Å². The van der Waals surface area contributed by atoms with Crippen LogP contribution in [0.15, 0.2) is 77.3 Å². The zero-order chi connectivity index (χ0) is 23.9. The molecule has 2 aromatic carbocycles. The molecule has 4 aromatic rings. The van der Waals surface area contributed by atoms with Crippen molar-refractivity contribution in [2.45, 2.75) is 26.1 Å². The molecule has 0 aliphatic heterocycles. The minimum atomic E-state index is -1.22. The van der Waals surface area contributed by atoms with Crippen molar-refractivity contribution in [1.82, 2.24) is 19.9 Å². The lowest BCUT2D eigenvalue weighted by Gasteiger charge is -2.18. The summed E-state index contributed by atoms with van der Waals surface area (Å²) in [7, 11) is 1.61. The first-order valence-corrected chi connectivity index (χ1v) is 10.7. The number of nitrogens with zero attached hydrogens (tertiary/aromatic N) is 4. The highest BCUT2D eigenvalue weighted by Gasteiger charge is 2.19. The normalized spacial score (nSPS) is 10.7. The number of furan rings is 1. The second kappa shape index (κ2) is 10.5. The first-order valence-electron chi connectivity index (χ1n) is 10.7. The number of carboxylic acids is 1. The van der Waals surface area contributed by atoms with Crippen LogP contribution < -0.4 is 4.74 Å². The molecule has 0 saturated carbocycles. The molecule has 2 aromatic heterocycles. The van der Waals surface area contributed by atoms with Gasteiger partial charge in [-0.05, 0) is 30.2 Å². The summed E-state index contributed by atoms with van der Waals surface area (Å²) in [6.45, 7) is 1.21. The first-order chi connectivity index (χ1) is 16.5. The largest absolute Gasteiger partial charge is 0.487 e. The van der Waals surface area contributed by atoms with Gasteiger partial charge in [-0.25, -0.2) is 4.79 Å². The number of carbonyl (C=O) groups excluding carboxylic acids is 1. The molecule has 9 heteroatoms. The molecule has 1 N–H and O–H groups in total. The van der Waals surface area contributed by atoms with Gasteiger partial charge in [0.2, 0.25) is 5.76 Å². The molecule has 0 saturated heterocycles. The Morgan fingerprint density at radius 2 is 1.76 bits per heavy atom. The van der Waals surface area contributed by atoms with Crippen LogP contribution in [-0.2, 0) is 26.1 Å². The minimum Gasteiger partial charge on any atom is -0.487 e. The number of aromatic carboxylic acids is 1. The van der Waals surface area contributed by atoms with E-state index < -0.39 is 11.9 Å². The van der Waals surface area contributed by atoms with Crippen molar-refractivity contribution in [1.29, 1.82) is 0 Å². The zero-order valence-electron chi connectivity index (χ0n) is 18.6. The summed E-state index contributed by atoms with van der Waals surface area (Å²) < 4.78 is 12.9. The van der Waals surface area contributed by atoms with E-state index >= 15 is 0 Å². The number of amides is 1. The maximum Gasteiger partial charge on any atom is 0.371 e. The molecule has 0 unspecified atom stereocenters. The molecular weight excluding hydrogens is 436 g/mol. The Hall–Kier alpha value is -4.40. The second-order valence-electron chi connectivity index (χ2n) is 7.74. The number of aromatic nitrogens is 3. The van der Waals surface area contributed by atoms with E-state index in [1.165, 1.54) is 22.6 Å². The van der Waals surface area contributed by atoms with Crippen molar-refractivity contribution in [2.75, 3.05) is 7.05 Å². The average molecular weight is 460 g/mol. The molecule has 174 valence electrons. The SMILES string of the molecule is CN(Cc1ccccc1OCc1cn(CCc2ccccc2)nn1)C(=O)c1ccc(C(=O)O)o1. The Labute approximate surface area is 196 Å². The van der Waals surface area contributed by atoms with Crippen molar-refractivity contribution >= 4 is 11.9 Å². The lowest BCUT2D eigenvalue weighted by molar-refractivity contribution is 0.0652. The molecule has 0 atom stereocenters. The highest BCUT2D eigenvalue weighted by atomic mass is 16.5. The van der Waals surface area contributed by atoms with Crippen LogP contribution in [0.25, 0.3) is 0 Å². The predicted molar refractivity (Wildman–Crippen MR) is 122 cm³/mol. The number of rotatable bonds is 10. The number of aryl methyl sites for hydroxylation is 2. The third-order valence-electron chi connectivity index (χ3n) is 5.19. The van der Waals surface area contributed by atoms with Gasteiger partial charge < -0.3 is 19.2 Å². The molecule has 2 heterocycles. The highest BCUT2D eigenvalue weighted by molar-refractivity contribution is 5.93. The van der Waals surface area contributed by atoms with Crippen LogP contribution in [0.1, 0.15) is 37.9 Å². The number of hydrogen-bond donors (Lipinski definition) is 1. The van der Waals surface area contributed by atoms with Gasteiger partial charge in [0.05, 0.1) is 6.20 Å². The van der Waals surface area contributed by atoms with Gasteiger partial charge in [-0.2, -0.15) is 0 Å². The molecule has 0 bridgehead atoms. The van der Waals surface area contributed by atoms with Crippen LogP contribution in [0.4, 0.5) is 0 Å². The number of carbonyl (C=O) groups is 2. The molecule has 9 nitrogen and oxygen atoms in total. The van der Waals surface area contributed by atoms with Crippen molar-refractivity contribution in [3.63, 3.8) is 0 Å². The van der Waals surface area contributed by atoms with Crippen LogP contribution in [0, 0.1) is 0 Å². The van der Waals surface area contributed by atoms with Crippen molar-refractivity contribution in [3.8, 4) is 5.75 Å². The summed E-state index contributed by atoms with van der Waals surface area (Å²) in [5.74, 6) is -1.35. The van der Waals surface area contributed by atoms with Gasteiger partial charge >= 0.3 is 5.97 Å². The van der Waals surface area contributed by atoms with E-state index in [4.69, 9.17) is 14.3 Å². The Balaban J connectivity index is 1.35. The van der Waals surface area contributed by atoms with Gasteiger partial charge in [0, 0.05) is 25.7 Å². The van der Waals surface area contributed by atoms with Crippen LogP contribution in [0.5, 0.6) is 5.75 Å². The standard InChI is InChI=1S/C25H24N4O5/c1-28(24(30)22-11-12-23(34-22)25(31)32)15-19-9-5-6-10-21(19)33-17-20-16-29(27-26-20)14-13-18-7-3-2-4-8-18/h2-12,16H,13-15,17H2,1H3,(H,31,32). The maximum absolute atomic E-state index is 12.6. The fourth-order valence-corrected chi connectivity index (χ4v) is 3.41. The average Bonchev–Trinajstić information content (AvgIpc) is 3.52. The van der Waals surface area contributed by atoms with Crippen molar-refractivity contribution < 1.29 is 23.8 Å². The number of hydrogen-bond acceptors (Lipinski definition) is 6. The van der Waals surface area contributed by atoms with E-state index in [0.29, 0.717) is 11.4 Å². The van der Waals surface area contributed by atoms with Crippen LogP contribution in [-0.4, -0.2) is 43.9 Å². The molecule has 4 rings (SSSR count). The number of benzene rings is 2. The third kappa shape index (κ3) is 5.69. The lowest BCUT2D eigenvalue weighted by atomic mass is 10.1. The number of ether oxygens (including phenoxy) is 1. The molecule has 0 aliphatic carbocycles. The summed E-state index contributed by atoms with van der Waals surface area (Å²) in [6, 6.07) is 20.2. The topological polar surface area (TPSA) is 111 Å². The van der Waals surface area contributed by atoms with Crippen molar-refractivity contribution in [3.05, 3.63) is 101 Å². The summed E-state index contributed by atoms with van der Waals surface area (Å²) in [5.41, 5.74) is 2.72. The summed E-state index contributed by atoms with van der Waals surface area (Å²) in [6.07, 6.45) is 2.72. The summed E-state index contributed by atoms with van der Waals surface area (Å²) in [4.78, 5) is 25.0. The third-order valence-corrected chi connectivity index (χ3v) is 5.19. The molecule has 0 aliphatic rings. The summed E-state index contributed by atoms with van der Waals surface area (Å²) >= 11 is 0. The minimum absolute atomic E-state index is 0.0367. The number of carboxylic acid groups (broad SMARTS) is 1. The van der Waals surface area contributed by atoms with Crippen LogP contribution >= 0.6 is 0 Å². The molecular formula is C25H24N4O5. The van der Waals surface area contributed by atoms with Gasteiger partial charge in [-0.15, -0.1) is 5.10 Å². The fourth-order valence-electron chi connectivity index (χ4n) is 3.41. The van der Waals surface area contributed by atoms with E-state index in [0.717, 1.165) is 18.5 Å². The Bertz CT molecular complexity index is 1270. The Morgan fingerprint density at radius 3 is 2.53 bits per heavy atom. The van der Waals surface area contributed by atoms with E-state index in [1.807, 2.05) is 48.7 Å². The first kappa shape index (κ1) is 22.8. The zero-order valence-corrected chi connectivity index (χ0v) is 18.6. The second-order valence-corrected chi connectivity index (χ2v) is 7.74. The molecule has 1 amide bonds. The van der Waals surface area contributed by atoms with E-state index in [1.54, 1.807) is 11.7 Å². The van der Waals surface area contributed by atoms with Gasteiger partial charge in [-0.3, -0.25) is 9.48 Å². The predicted octanol–water partition coefficient (Wildman–Crippen LogP) is 3.66. The van der Waals surface area contributed by atoms with E-state index in [2.05, 4.69) is 22.4 Å². The van der Waals surface area contributed by atoms with E-state index in [9.17, 15) is 9.59 Å². The lowest BCUT2D eigenvalue weighted by Crippen LogP contribution is -2.26. The molecule has 0 spiro atoms. The van der Waals surface area contributed by atoms with Gasteiger partial charge in [-0.1, -0.05) is 53.7 Å². The molecule has 0 fully saturated rings. The molecule has 0 radical (unpaired) electrons.